The first kappa shape index (κ1) is 17.9. The maximum atomic E-state index is 12.7. The van der Waals surface area contributed by atoms with Crippen molar-refractivity contribution in [3.05, 3.63) is 76.9 Å². The number of benzene rings is 2. The molecule has 3 rings (SSSR count). The third-order valence-electron chi connectivity index (χ3n) is 4.49. The molecule has 0 unspecified atom stereocenters. The van der Waals surface area contributed by atoms with E-state index in [1.165, 1.54) is 0 Å². The highest BCUT2D eigenvalue weighted by atomic mass is 16.2. The van der Waals surface area contributed by atoms with Crippen LogP contribution in [0.3, 0.4) is 0 Å². The van der Waals surface area contributed by atoms with Gasteiger partial charge in [-0.2, -0.15) is 0 Å². The Morgan fingerprint density at radius 3 is 2.38 bits per heavy atom. The maximum absolute atomic E-state index is 12.7. The molecule has 2 aromatic carbocycles. The lowest BCUT2D eigenvalue weighted by molar-refractivity contribution is 0.0827. The van der Waals surface area contributed by atoms with Crippen molar-refractivity contribution < 1.29 is 9.59 Å². The van der Waals surface area contributed by atoms with Crippen molar-refractivity contribution >= 4 is 17.4 Å². The molecule has 26 heavy (non-hydrogen) atoms. The maximum Gasteiger partial charge on any atom is 0.253 e. The van der Waals surface area contributed by atoms with E-state index in [0.717, 1.165) is 23.2 Å². The van der Waals surface area contributed by atoms with E-state index >= 15 is 0 Å². The number of nitrogens with one attached hydrogen (secondary N) is 1. The Bertz CT molecular complexity index is 880. The highest BCUT2D eigenvalue weighted by Gasteiger charge is 2.28. The molecule has 1 N–H and O–H groups in total. The second-order valence-electron chi connectivity index (χ2n) is 7.55. The van der Waals surface area contributed by atoms with Crippen LogP contribution >= 0.6 is 0 Å². The van der Waals surface area contributed by atoms with Gasteiger partial charge >= 0.3 is 0 Å². The number of carbonyl (C=O) groups is 2. The van der Waals surface area contributed by atoms with Crippen LogP contribution in [0.25, 0.3) is 5.70 Å². The second kappa shape index (κ2) is 6.79. The van der Waals surface area contributed by atoms with Gasteiger partial charge in [0.1, 0.15) is 0 Å². The lowest BCUT2D eigenvalue weighted by atomic mass is 9.84. The van der Waals surface area contributed by atoms with Crippen molar-refractivity contribution in [3.63, 3.8) is 0 Å². The monoisotopic (exact) mass is 348 g/mol. The first-order chi connectivity index (χ1) is 12.3. The quantitative estimate of drug-likeness (QED) is 0.682. The van der Waals surface area contributed by atoms with Crippen LogP contribution in [-0.4, -0.2) is 36.2 Å². The molecule has 1 aliphatic rings. The number of rotatable bonds is 3. The molecular weight excluding hydrogens is 324 g/mol. The summed E-state index contributed by atoms with van der Waals surface area (Å²) in [5, 5.41) is 3.46. The number of fused-ring (bicyclic) bond motifs is 1. The van der Waals surface area contributed by atoms with Crippen molar-refractivity contribution in [2.75, 3.05) is 14.1 Å². The van der Waals surface area contributed by atoms with Gasteiger partial charge in [-0.15, -0.1) is 0 Å². The summed E-state index contributed by atoms with van der Waals surface area (Å²) in [5.74, 6) is -0.104. The summed E-state index contributed by atoms with van der Waals surface area (Å²) in [6, 6.07) is 14.9. The Labute approximate surface area is 154 Å². The molecule has 1 amide bonds. The molecule has 1 aliphatic heterocycles. The largest absolute Gasteiger partial charge is 0.379 e. The van der Waals surface area contributed by atoms with E-state index in [1.54, 1.807) is 37.2 Å². The molecule has 0 radical (unpaired) electrons. The van der Waals surface area contributed by atoms with Gasteiger partial charge in [-0.3, -0.25) is 9.59 Å². The van der Waals surface area contributed by atoms with Gasteiger partial charge in [0.15, 0.2) is 5.78 Å². The topological polar surface area (TPSA) is 49.4 Å². The van der Waals surface area contributed by atoms with E-state index in [0.29, 0.717) is 11.1 Å². The van der Waals surface area contributed by atoms with Crippen molar-refractivity contribution in [3.8, 4) is 0 Å². The molecule has 0 aromatic heterocycles. The zero-order valence-corrected chi connectivity index (χ0v) is 15.7. The van der Waals surface area contributed by atoms with Crippen LogP contribution in [-0.2, 0) is 6.42 Å². The average Bonchev–Trinajstić information content (AvgIpc) is 2.60. The summed E-state index contributed by atoms with van der Waals surface area (Å²) < 4.78 is 0. The van der Waals surface area contributed by atoms with E-state index in [9.17, 15) is 9.59 Å². The average molecular weight is 348 g/mol. The third kappa shape index (κ3) is 3.69. The van der Waals surface area contributed by atoms with Crippen LogP contribution in [0.4, 0.5) is 0 Å². The number of hydrogen-bond acceptors (Lipinski definition) is 3. The van der Waals surface area contributed by atoms with Gasteiger partial charge in [0.05, 0.1) is 0 Å². The van der Waals surface area contributed by atoms with Gasteiger partial charge in [-0.25, -0.2) is 0 Å². The number of nitrogens with zero attached hydrogens (tertiary/aromatic N) is 1. The molecule has 0 saturated carbocycles. The first-order valence-corrected chi connectivity index (χ1v) is 8.71. The van der Waals surface area contributed by atoms with Crippen LogP contribution in [0.15, 0.2) is 54.6 Å². The van der Waals surface area contributed by atoms with Gasteiger partial charge in [-0.1, -0.05) is 36.4 Å². The van der Waals surface area contributed by atoms with E-state index in [2.05, 4.69) is 19.2 Å². The lowest BCUT2D eigenvalue weighted by Gasteiger charge is -2.36. The molecule has 2 aromatic rings. The van der Waals surface area contributed by atoms with Crippen molar-refractivity contribution in [1.29, 1.82) is 0 Å². The summed E-state index contributed by atoms with van der Waals surface area (Å²) in [7, 11) is 3.47. The molecule has 4 heteroatoms. The summed E-state index contributed by atoms with van der Waals surface area (Å²) in [5.41, 5.74) is 3.92. The molecule has 0 atom stereocenters. The normalized spacial score (nSPS) is 16.5. The van der Waals surface area contributed by atoms with Crippen LogP contribution in [0, 0.1) is 0 Å². The molecule has 4 nitrogen and oxygen atoms in total. The zero-order valence-electron chi connectivity index (χ0n) is 15.7. The molecule has 0 aliphatic carbocycles. The van der Waals surface area contributed by atoms with Crippen LogP contribution in [0.1, 0.15) is 45.7 Å². The number of amides is 1. The number of carbonyl (C=O) groups excluding carboxylic acids is 2. The molecule has 0 saturated heterocycles. The fourth-order valence-electron chi connectivity index (χ4n) is 3.26. The van der Waals surface area contributed by atoms with E-state index in [1.807, 2.05) is 36.4 Å². The summed E-state index contributed by atoms with van der Waals surface area (Å²) in [6.07, 6.45) is 2.47. The molecule has 0 fully saturated rings. The Hall–Kier alpha value is -2.88. The van der Waals surface area contributed by atoms with Gasteiger partial charge in [0.25, 0.3) is 5.91 Å². The minimum atomic E-state index is -0.164. The fraction of sp³-hybridized carbons (Fsp3) is 0.273. The SMILES string of the molecule is CN(C)C(=O)c1ccc2c(c1)/C(=C/C(=O)c1ccccc1)NC(C)(C)C2. The molecule has 134 valence electrons. The standard InChI is InChI=1S/C22H24N2O2/c1-22(2)14-17-11-10-16(21(26)24(3)4)12-18(17)19(23-22)13-20(25)15-8-6-5-7-9-15/h5-13,23H,14H2,1-4H3/b19-13-. The van der Waals surface area contributed by atoms with Crippen molar-refractivity contribution in [1.82, 2.24) is 10.2 Å². The third-order valence-corrected chi connectivity index (χ3v) is 4.49. The fourth-order valence-corrected chi connectivity index (χ4v) is 3.26. The van der Waals surface area contributed by atoms with Crippen LogP contribution in [0.5, 0.6) is 0 Å². The Morgan fingerprint density at radius 1 is 1.04 bits per heavy atom. The molecule has 0 bridgehead atoms. The van der Waals surface area contributed by atoms with Gasteiger partial charge in [-0.05, 0) is 38.0 Å². The van der Waals surface area contributed by atoms with Crippen molar-refractivity contribution in [2.24, 2.45) is 0 Å². The summed E-state index contributed by atoms with van der Waals surface area (Å²) in [4.78, 5) is 26.6. The number of hydrogen-bond donors (Lipinski definition) is 1. The van der Waals surface area contributed by atoms with Crippen LogP contribution < -0.4 is 5.32 Å². The van der Waals surface area contributed by atoms with Crippen molar-refractivity contribution in [2.45, 2.75) is 25.8 Å². The van der Waals surface area contributed by atoms with Crippen LogP contribution in [0.2, 0.25) is 0 Å². The first-order valence-electron chi connectivity index (χ1n) is 8.71. The molecule has 1 heterocycles. The van der Waals surface area contributed by atoms with Gasteiger partial charge < -0.3 is 10.2 Å². The van der Waals surface area contributed by atoms with Gasteiger partial charge in [0, 0.05) is 48.1 Å². The molecular formula is C22H24N2O2. The van der Waals surface area contributed by atoms with E-state index in [-0.39, 0.29) is 17.2 Å². The minimum absolute atomic E-state index is 0.0497. The zero-order chi connectivity index (χ0) is 18.9. The highest BCUT2D eigenvalue weighted by Crippen LogP contribution is 2.31. The second-order valence-corrected chi connectivity index (χ2v) is 7.55. The number of allylic oxidation sites excluding steroid dienone is 1. The summed E-state index contributed by atoms with van der Waals surface area (Å²) in [6.45, 7) is 4.21. The predicted molar refractivity (Wildman–Crippen MR) is 104 cm³/mol. The lowest BCUT2D eigenvalue weighted by Crippen LogP contribution is -2.44. The van der Waals surface area contributed by atoms with E-state index < -0.39 is 0 Å². The Morgan fingerprint density at radius 2 is 1.73 bits per heavy atom. The Balaban J connectivity index is 2.06. The van der Waals surface area contributed by atoms with Gasteiger partial charge in [0.2, 0.25) is 0 Å². The number of ketones is 1. The minimum Gasteiger partial charge on any atom is -0.379 e. The summed E-state index contributed by atoms with van der Waals surface area (Å²) >= 11 is 0. The highest BCUT2D eigenvalue weighted by molar-refractivity contribution is 6.08. The Kier molecular flexibility index (Phi) is 4.68. The van der Waals surface area contributed by atoms with E-state index in [4.69, 9.17) is 0 Å². The molecule has 0 spiro atoms. The predicted octanol–water partition coefficient (Wildman–Crippen LogP) is 3.54. The smallest absolute Gasteiger partial charge is 0.253 e.